The lowest BCUT2D eigenvalue weighted by molar-refractivity contribution is -0.113. The number of carbonyl (C=O) groups excluding carboxylic acids is 1. The van der Waals surface area contributed by atoms with Crippen LogP contribution in [-0.4, -0.2) is 35.5 Å². The van der Waals surface area contributed by atoms with Crippen molar-refractivity contribution in [1.29, 1.82) is 0 Å². The van der Waals surface area contributed by atoms with Gasteiger partial charge in [0.15, 0.2) is 5.78 Å². The fourth-order valence-electron chi connectivity index (χ4n) is 4.75. The monoisotopic (exact) mass is 467 g/mol. The molecule has 0 spiro atoms. The normalized spacial score (nSPS) is 15.9. The molecule has 0 radical (unpaired) electrons. The van der Waals surface area contributed by atoms with E-state index in [1.807, 2.05) is 57.8 Å². The molecule has 2 aromatic rings. The number of para-hydroxylation sites is 1. The number of rotatable bonds is 8. The number of fused-ring (bicyclic) bond motifs is 1. The van der Waals surface area contributed by atoms with Crippen molar-refractivity contribution in [3.05, 3.63) is 62.4 Å². The maximum Gasteiger partial charge on any atom is 0.330 e. The molecule has 0 unspecified atom stereocenters. The quantitative estimate of drug-likeness (QED) is 0.578. The van der Waals surface area contributed by atoms with Gasteiger partial charge < -0.3 is 15.5 Å². The Morgan fingerprint density at radius 3 is 2.38 bits per heavy atom. The number of nitrogens with two attached hydrogens (primary N) is 1. The molecule has 8 nitrogen and oxygen atoms in total. The van der Waals surface area contributed by atoms with Crippen LogP contribution in [0.25, 0.3) is 0 Å². The number of aromatic nitrogens is 2. The Morgan fingerprint density at radius 2 is 1.79 bits per heavy atom. The van der Waals surface area contributed by atoms with Crippen molar-refractivity contribution in [1.82, 2.24) is 9.55 Å². The maximum atomic E-state index is 13.3. The smallest absolute Gasteiger partial charge is 0.330 e. The summed E-state index contributed by atoms with van der Waals surface area (Å²) in [6, 6.07) is 8.12. The van der Waals surface area contributed by atoms with E-state index in [9.17, 15) is 14.4 Å². The highest BCUT2D eigenvalue weighted by atomic mass is 16.2. The van der Waals surface area contributed by atoms with Crippen LogP contribution in [0.5, 0.6) is 0 Å². The standard InChI is InChI=1S/C26H37N5O3/c1-16(2)13-30(22-23(27)31(14-17(3)4)25(34)28-24(22)33)15-18(32)12-21-26(5,6)19-10-8-9-11-20(19)29(21)7/h8-12,16-17H,13-15,27H2,1-7H3,(H,28,33,34)/b21-12+. The zero-order chi connectivity index (χ0) is 25.4. The second-order valence-corrected chi connectivity index (χ2v) is 10.5. The number of carbonyl (C=O) groups is 1. The van der Waals surface area contributed by atoms with Crippen molar-refractivity contribution >= 4 is 23.0 Å². The first-order valence-corrected chi connectivity index (χ1v) is 11.8. The SMILES string of the molecule is CC(C)CN(CC(=O)/C=C1/N(C)c2ccccc2C1(C)C)c1c(N)n(CC(C)C)c(=O)[nH]c1=O. The largest absolute Gasteiger partial charge is 0.383 e. The summed E-state index contributed by atoms with van der Waals surface area (Å²) >= 11 is 0. The number of allylic oxidation sites excluding steroid dienone is 1. The number of hydrogen-bond donors (Lipinski definition) is 2. The lowest BCUT2D eigenvalue weighted by atomic mass is 9.83. The zero-order valence-corrected chi connectivity index (χ0v) is 21.3. The summed E-state index contributed by atoms with van der Waals surface area (Å²) in [7, 11) is 1.96. The lowest BCUT2D eigenvalue weighted by Crippen LogP contribution is -2.42. The number of nitrogen functional groups attached to an aromatic ring is 1. The van der Waals surface area contributed by atoms with Crippen LogP contribution in [0, 0.1) is 11.8 Å². The predicted molar refractivity (Wildman–Crippen MR) is 139 cm³/mol. The summed E-state index contributed by atoms with van der Waals surface area (Å²) in [6.45, 7) is 13.0. The van der Waals surface area contributed by atoms with Crippen LogP contribution >= 0.6 is 0 Å². The third-order valence-electron chi connectivity index (χ3n) is 6.25. The first-order valence-electron chi connectivity index (χ1n) is 11.8. The highest BCUT2D eigenvalue weighted by Crippen LogP contribution is 2.46. The van der Waals surface area contributed by atoms with Crippen molar-refractivity contribution in [2.45, 2.75) is 53.5 Å². The molecule has 184 valence electrons. The second kappa shape index (κ2) is 9.52. The molecule has 1 aliphatic rings. The Hall–Kier alpha value is -3.29. The van der Waals surface area contributed by atoms with Crippen LogP contribution in [0.1, 0.15) is 47.1 Å². The summed E-state index contributed by atoms with van der Waals surface area (Å²) in [4.78, 5) is 44.7. The van der Waals surface area contributed by atoms with E-state index in [4.69, 9.17) is 5.73 Å². The van der Waals surface area contributed by atoms with Crippen molar-refractivity contribution in [2.24, 2.45) is 11.8 Å². The number of H-pyrrole nitrogens is 1. The molecule has 1 aromatic heterocycles. The number of aromatic amines is 1. The van der Waals surface area contributed by atoms with Crippen molar-refractivity contribution in [3.63, 3.8) is 0 Å². The molecule has 0 atom stereocenters. The molecule has 34 heavy (non-hydrogen) atoms. The minimum atomic E-state index is -0.575. The molecule has 0 saturated carbocycles. The molecule has 1 aliphatic heterocycles. The average Bonchev–Trinajstić information content (AvgIpc) is 2.91. The summed E-state index contributed by atoms with van der Waals surface area (Å²) < 4.78 is 1.38. The molecule has 0 amide bonds. The molecule has 3 N–H and O–H groups in total. The van der Waals surface area contributed by atoms with Crippen molar-refractivity contribution < 1.29 is 4.79 Å². The van der Waals surface area contributed by atoms with Crippen LogP contribution in [0.2, 0.25) is 0 Å². The van der Waals surface area contributed by atoms with Crippen LogP contribution in [0.4, 0.5) is 17.2 Å². The number of hydrogen-bond acceptors (Lipinski definition) is 6. The van der Waals surface area contributed by atoms with Gasteiger partial charge in [0.05, 0.1) is 6.54 Å². The molecular formula is C26H37N5O3. The molecule has 0 fully saturated rings. The minimum absolute atomic E-state index is 0.0187. The first kappa shape index (κ1) is 25.3. The summed E-state index contributed by atoms with van der Waals surface area (Å²) in [5.41, 5.74) is 8.21. The van der Waals surface area contributed by atoms with Gasteiger partial charge in [0.2, 0.25) is 0 Å². The summed E-state index contributed by atoms with van der Waals surface area (Å²) in [6.07, 6.45) is 1.67. The number of ketones is 1. The van der Waals surface area contributed by atoms with Gasteiger partial charge in [0.1, 0.15) is 11.5 Å². The third-order valence-corrected chi connectivity index (χ3v) is 6.25. The summed E-state index contributed by atoms with van der Waals surface area (Å²) in [5.74, 6) is 0.281. The van der Waals surface area contributed by atoms with Gasteiger partial charge in [-0.15, -0.1) is 0 Å². The molecule has 0 bridgehead atoms. The van der Waals surface area contributed by atoms with Crippen LogP contribution < -0.4 is 26.8 Å². The number of benzene rings is 1. The Morgan fingerprint density at radius 1 is 1.15 bits per heavy atom. The summed E-state index contributed by atoms with van der Waals surface area (Å²) in [5, 5.41) is 0. The minimum Gasteiger partial charge on any atom is -0.383 e. The van der Waals surface area contributed by atoms with E-state index in [1.54, 1.807) is 11.0 Å². The molecule has 3 rings (SSSR count). The third kappa shape index (κ3) is 4.81. The van der Waals surface area contributed by atoms with E-state index < -0.39 is 11.2 Å². The van der Waals surface area contributed by atoms with E-state index in [2.05, 4.69) is 24.9 Å². The van der Waals surface area contributed by atoms with E-state index in [1.165, 1.54) is 4.57 Å². The van der Waals surface area contributed by atoms with Gasteiger partial charge in [-0.1, -0.05) is 59.7 Å². The second-order valence-electron chi connectivity index (χ2n) is 10.5. The molecule has 2 heterocycles. The number of nitrogens with zero attached hydrogens (tertiary/aromatic N) is 3. The van der Waals surface area contributed by atoms with Crippen LogP contribution in [0.3, 0.4) is 0 Å². The predicted octanol–water partition coefficient (Wildman–Crippen LogP) is 3.12. The van der Waals surface area contributed by atoms with E-state index in [0.29, 0.717) is 13.1 Å². The molecule has 0 aliphatic carbocycles. The Kier molecular flexibility index (Phi) is 7.10. The molecule has 1 aromatic carbocycles. The maximum absolute atomic E-state index is 13.3. The highest BCUT2D eigenvalue weighted by Gasteiger charge is 2.38. The Bertz CT molecular complexity index is 1220. The fourth-order valence-corrected chi connectivity index (χ4v) is 4.75. The Labute approximate surface area is 201 Å². The number of nitrogens with one attached hydrogen (secondary N) is 1. The van der Waals surface area contributed by atoms with Crippen LogP contribution in [0.15, 0.2) is 45.6 Å². The molecule has 0 saturated heterocycles. The van der Waals surface area contributed by atoms with E-state index in [0.717, 1.165) is 16.9 Å². The van der Waals surface area contributed by atoms with Crippen molar-refractivity contribution in [2.75, 3.05) is 35.7 Å². The van der Waals surface area contributed by atoms with Gasteiger partial charge >= 0.3 is 5.69 Å². The van der Waals surface area contributed by atoms with Gasteiger partial charge in [-0.05, 0) is 23.5 Å². The average molecular weight is 468 g/mol. The topological polar surface area (TPSA) is 104 Å². The van der Waals surface area contributed by atoms with Gasteiger partial charge in [-0.25, -0.2) is 4.79 Å². The van der Waals surface area contributed by atoms with Crippen molar-refractivity contribution in [3.8, 4) is 0 Å². The highest BCUT2D eigenvalue weighted by molar-refractivity contribution is 5.96. The van der Waals surface area contributed by atoms with E-state index >= 15 is 0 Å². The number of likely N-dealkylation sites (N-methyl/N-ethyl adjacent to an activating group) is 1. The van der Waals surface area contributed by atoms with Gasteiger partial charge in [0.25, 0.3) is 5.56 Å². The Balaban J connectivity index is 2.00. The molecule has 8 heteroatoms. The number of anilines is 3. The van der Waals surface area contributed by atoms with Crippen LogP contribution in [-0.2, 0) is 16.8 Å². The van der Waals surface area contributed by atoms with Gasteiger partial charge in [-0.3, -0.25) is 19.1 Å². The molecular weight excluding hydrogens is 430 g/mol. The lowest BCUT2D eigenvalue weighted by Gasteiger charge is -2.28. The zero-order valence-electron chi connectivity index (χ0n) is 21.3. The van der Waals surface area contributed by atoms with Gasteiger partial charge in [-0.2, -0.15) is 0 Å². The fraction of sp³-hybridized carbons (Fsp3) is 0.500. The van der Waals surface area contributed by atoms with Gasteiger partial charge in [0, 0.05) is 43.0 Å². The van der Waals surface area contributed by atoms with E-state index in [-0.39, 0.29) is 41.1 Å². The first-order chi connectivity index (χ1) is 15.8.